The Balaban J connectivity index is 2.02. The first-order chi connectivity index (χ1) is 8.55. The van der Waals surface area contributed by atoms with Gasteiger partial charge < -0.3 is 0 Å². The number of nitrogens with zero attached hydrogens (tertiary/aromatic N) is 6. The van der Waals surface area contributed by atoms with Crippen molar-refractivity contribution >= 4 is 19.7 Å². The minimum atomic E-state index is -3.88. The standard InChI is InChI=1S/C8H9ClN6O2S/c9-18(16,17)8-13-12-7(15(8)6-1-2-6)3-14-5-10-4-11-14/h4-6H,1-3H2. The van der Waals surface area contributed by atoms with Crippen LogP contribution in [-0.2, 0) is 15.6 Å². The van der Waals surface area contributed by atoms with Gasteiger partial charge in [0.1, 0.15) is 19.2 Å². The topological polar surface area (TPSA) is 95.6 Å². The molecule has 0 aromatic carbocycles. The van der Waals surface area contributed by atoms with E-state index in [4.69, 9.17) is 10.7 Å². The van der Waals surface area contributed by atoms with Crippen molar-refractivity contribution in [3.8, 4) is 0 Å². The van der Waals surface area contributed by atoms with Gasteiger partial charge in [0.05, 0.1) is 0 Å². The predicted octanol–water partition coefficient (Wildman–Crippen LogP) is 0.180. The number of aromatic nitrogens is 6. The average molecular weight is 289 g/mol. The molecule has 0 bridgehead atoms. The number of rotatable bonds is 4. The highest BCUT2D eigenvalue weighted by Crippen LogP contribution is 2.38. The molecule has 1 aliphatic carbocycles. The molecule has 0 radical (unpaired) electrons. The van der Waals surface area contributed by atoms with Gasteiger partial charge in [-0.05, 0) is 12.8 Å². The summed E-state index contributed by atoms with van der Waals surface area (Å²) in [6, 6.07) is 0.113. The minimum Gasteiger partial charge on any atom is -0.296 e. The van der Waals surface area contributed by atoms with Gasteiger partial charge in [-0.15, -0.1) is 10.2 Å². The van der Waals surface area contributed by atoms with Crippen molar-refractivity contribution < 1.29 is 8.42 Å². The molecule has 2 heterocycles. The van der Waals surface area contributed by atoms with Crippen LogP contribution in [-0.4, -0.2) is 37.9 Å². The Morgan fingerprint density at radius 3 is 2.72 bits per heavy atom. The first kappa shape index (κ1) is 11.6. The maximum absolute atomic E-state index is 11.4. The Labute approximate surface area is 107 Å². The third kappa shape index (κ3) is 2.10. The maximum Gasteiger partial charge on any atom is 0.296 e. The van der Waals surface area contributed by atoms with Crippen LogP contribution in [0.2, 0.25) is 0 Å². The van der Waals surface area contributed by atoms with Crippen LogP contribution in [0.5, 0.6) is 0 Å². The Kier molecular flexibility index (Phi) is 2.59. The Hall–Kier alpha value is -1.48. The summed E-state index contributed by atoms with van der Waals surface area (Å²) in [7, 11) is 1.46. The van der Waals surface area contributed by atoms with E-state index in [2.05, 4.69) is 20.3 Å². The molecule has 8 nitrogen and oxygen atoms in total. The quantitative estimate of drug-likeness (QED) is 0.745. The second-order valence-electron chi connectivity index (χ2n) is 4.03. The number of halogens is 1. The molecule has 3 rings (SSSR count). The van der Waals surface area contributed by atoms with Crippen LogP contribution in [0.1, 0.15) is 24.7 Å². The lowest BCUT2D eigenvalue weighted by Crippen LogP contribution is -2.11. The van der Waals surface area contributed by atoms with E-state index in [1.807, 2.05) is 0 Å². The van der Waals surface area contributed by atoms with Crippen LogP contribution < -0.4 is 0 Å². The lowest BCUT2D eigenvalue weighted by molar-refractivity contribution is 0.552. The molecule has 0 unspecified atom stereocenters. The first-order valence-corrected chi connectivity index (χ1v) is 7.57. The normalized spacial score (nSPS) is 16.1. The van der Waals surface area contributed by atoms with Crippen molar-refractivity contribution in [1.29, 1.82) is 0 Å². The third-order valence-electron chi connectivity index (χ3n) is 2.64. The van der Waals surface area contributed by atoms with Gasteiger partial charge >= 0.3 is 0 Å². The molecule has 0 N–H and O–H groups in total. The van der Waals surface area contributed by atoms with Gasteiger partial charge in [0.15, 0.2) is 5.82 Å². The lowest BCUT2D eigenvalue weighted by Gasteiger charge is -2.06. The lowest BCUT2D eigenvalue weighted by atomic mass is 10.5. The largest absolute Gasteiger partial charge is 0.296 e. The summed E-state index contributed by atoms with van der Waals surface area (Å²) < 4.78 is 25.9. The Morgan fingerprint density at radius 2 is 2.17 bits per heavy atom. The van der Waals surface area contributed by atoms with E-state index in [-0.39, 0.29) is 11.2 Å². The molecule has 18 heavy (non-hydrogen) atoms. The van der Waals surface area contributed by atoms with Crippen LogP contribution in [0.25, 0.3) is 0 Å². The van der Waals surface area contributed by atoms with E-state index < -0.39 is 9.05 Å². The number of hydrogen-bond donors (Lipinski definition) is 0. The fourth-order valence-corrected chi connectivity index (χ4v) is 2.68. The molecule has 2 aromatic rings. The fourth-order valence-electron chi connectivity index (χ4n) is 1.74. The fraction of sp³-hybridized carbons (Fsp3) is 0.500. The predicted molar refractivity (Wildman–Crippen MR) is 60.5 cm³/mol. The van der Waals surface area contributed by atoms with Crippen LogP contribution in [0.15, 0.2) is 17.8 Å². The molecular formula is C8H9ClN6O2S. The van der Waals surface area contributed by atoms with Gasteiger partial charge in [0, 0.05) is 16.7 Å². The van der Waals surface area contributed by atoms with Crippen LogP contribution in [0.4, 0.5) is 0 Å². The van der Waals surface area contributed by atoms with E-state index in [0.29, 0.717) is 12.4 Å². The summed E-state index contributed by atoms with van der Waals surface area (Å²) in [6.07, 6.45) is 4.74. The molecule has 1 saturated carbocycles. The molecule has 0 spiro atoms. The first-order valence-electron chi connectivity index (χ1n) is 5.26. The van der Waals surface area contributed by atoms with Gasteiger partial charge in [-0.25, -0.2) is 18.1 Å². The zero-order valence-electron chi connectivity index (χ0n) is 9.14. The van der Waals surface area contributed by atoms with Gasteiger partial charge in [-0.1, -0.05) is 0 Å². The monoisotopic (exact) mass is 288 g/mol. The summed E-state index contributed by atoms with van der Waals surface area (Å²) in [6.45, 7) is 0.315. The van der Waals surface area contributed by atoms with Crippen LogP contribution >= 0.6 is 10.7 Å². The second-order valence-corrected chi connectivity index (χ2v) is 6.49. The molecule has 0 aliphatic heterocycles. The van der Waals surface area contributed by atoms with Crippen molar-refractivity contribution in [2.24, 2.45) is 0 Å². The highest BCUT2D eigenvalue weighted by molar-refractivity contribution is 8.13. The molecule has 0 amide bonds. The molecule has 0 atom stereocenters. The van der Waals surface area contributed by atoms with Crippen molar-refractivity contribution in [1.82, 2.24) is 29.5 Å². The van der Waals surface area contributed by atoms with E-state index in [9.17, 15) is 8.42 Å². The smallest absolute Gasteiger partial charge is 0.296 e. The zero-order chi connectivity index (χ0) is 12.8. The van der Waals surface area contributed by atoms with Gasteiger partial charge in [0.2, 0.25) is 0 Å². The average Bonchev–Trinajstić information content (AvgIpc) is 2.84. The molecule has 10 heteroatoms. The van der Waals surface area contributed by atoms with Gasteiger partial charge in [-0.3, -0.25) is 4.57 Å². The molecular weight excluding hydrogens is 280 g/mol. The summed E-state index contributed by atoms with van der Waals surface area (Å²) >= 11 is 0. The highest BCUT2D eigenvalue weighted by atomic mass is 35.7. The molecule has 2 aromatic heterocycles. The van der Waals surface area contributed by atoms with Crippen LogP contribution in [0, 0.1) is 0 Å². The molecule has 96 valence electrons. The third-order valence-corrected chi connectivity index (χ3v) is 3.76. The second kappa shape index (κ2) is 4.02. The zero-order valence-corrected chi connectivity index (χ0v) is 10.7. The van der Waals surface area contributed by atoms with Crippen LogP contribution in [0.3, 0.4) is 0 Å². The van der Waals surface area contributed by atoms with Crippen molar-refractivity contribution in [2.45, 2.75) is 30.6 Å². The summed E-state index contributed by atoms with van der Waals surface area (Å²) in [5.41, 5.74) is 0. The molecule has 1 fully saturated rings. The van der Waals surface area contributed by atoms with E-state index in [0.717, 1.165) is 12.8 Å². The van der Waals surface area contributed by atoms with Gasteiger partial charge in [-0.2, -0.15) is 5.10 Å². The molecule has 0 saturated heterocycles. The van der Waals surface area contributed by atoms with Crippen molar-refractivity contribution in [2.75, 3.05) is 0 Å². The van der Waals surface area contributed by atoms with Crippen molar-refractivity contribution in [3.63, 3.8) is 0 Å². The van der Waals surface area contributed by atoms with E-state index >= 15 is 0 Å². The Morgan fingerprint density at radius 1 is 1.39 bits per heavy atom. The van der Waals surface area contributed by atoms with Crippen molar-refractivity contribution in [3.05, 3.63) is 18.5 Å². The summed E-state index contributed by atoms with van der Waals surface area (Å²) in [4.78, 5) is 3.81. The summed E-state index contributed by atoms with van der Waals surface area (Å²) in [5, 5.41) is 11.3. The maximum atomic E-state index is 11.4. The van der Waals surface area contributed by atoms with E-state index in [1.54, 1.807) is 9.25 Å². The van der Waals surface area contributed by atoms with E-state index in [1.165, 1.54) is 12.7 Å². The highest BCUT2D eigenvalue weighted by Gasteiger charge is 2.33. The minimum absolute atomic E-state index is 0.113. The molecule has 1 aliphatic rings. The Bertz CT molecular complexity index is 660. The van der Waals surface area contributed by atoms with Gasteiger partial charge in [0.25, 0.3) is 14.2 Å². The summed E-state index contributed by atoms with van der Waals surface area (Å²) in [5.74, 6) is 0.516. The number of hydrogen-bond acceptors (Lipinski definition) is 6. The SMILES string of the molecule is O=S(=O)(Cl)c1nnc(Cn2cncn2)n1C1CC1.